The summed E-state index contributed by atoms with van der Waals surface area (Å²) in [6.07, 6.45) is 1.88. The number of imidazole rings is 1. The van der Waals surface area contributed by atoms with Crippen LogP contribution in [0.2, 0.25) is 0 Å². The van der Waals surface area contributed by atoms with Crippen LogP contribution in [0.25, 0.3) is 99.6 Å². The minimum absolute atomic E-state index is 0.0973. The van der Waals surface area contributed by atoms with Gasteiger partial charge in [0.2, 0.25) is 0 Å². The van der Waals surface area contributed by atoms with Gasteiger partial charge in [0.05, 0.1) is 0 Å². The molecule has 0 unspecified atom stereocenters. The molecule has 0 fully saturated rings. The Labute approximate surface area is 479 Å². The first-order chi connectivity index (χ1) is 40.1. The summed E-state index contributed by atoms with van der Waals surface area (Å²) in [6.45, 7) is 20.0. The summed E-state index contributed by atoms with van der Waals surface area (Å²) in [5.41, 5.74) is 12.9. The molecule has 9 aromatic carbocycles. The number of rotatable bonds is 7. The molecule has 0 aliphatic rings. The van der Waals surface area contributed by atoms with E-state index in [1.165, 1.54) is 5.56 Å². The molecule has 4 aromatic heterocycles. The van der Waals surface area contributed by atoms with Crippen LogP contribution in [0.3, 0.4) is 0 Å². The fourth-order valence-electron chi connectivity index (χ4n) is 11.1. The van der Waals surface area contributed by atoms with Crippen LogP contribution in [0.4, 0.5) is 0 Å². The van der Waals surface area contributed by atoms with Crippen LogP contribution in [0.5, 0.6) is 11.5 Å². The number of aromatic nitrogens is 5. The number of ether oxygens (including phenoxy) is 1. The van der Waals surface area contributed by atoms with Gasteiger partial charge < -0.3 is 0 Å². The van der Waals surface area contributed by atoms with Crippen molar-refractivity contribution in [3.05, 3.63) is 239 Å². The molecular formula is C72H61N5OPt-2. The molecule has 7 heteroatoms. The number of pyridine rings is 1. The Hall–Kier alpha value is -8.31. The van der Waals surface area contributed by atoms with Gasteiger partial charge in [0.25, 0.3) is 0 Å². The second-order valence-electron chi connectivity index (χ2n) is 23.5. The molecule has 0 atom stereocenters. The maximum absolute atomic E-state index is 9.54. The van der Waals surface area contributed by atoms with Crippen molar-refractivity contribution >= 4 is 60.2 Å². The third-order valence-electron chi connectivity index (χ3n) is 15.2. The summed E-state index contributed by atoms with van der Waals surface area (Å²) in [5.74, 6) is 1.75. The molecular weight excluding hydrogens is 1150 g/mol. The van der Waals surface area contributed by atoms with Crippen LogP contribution < -0.4 is 4.74 Å². The third-order valence-corrected chi connectivity index (χ3v) is 16.3. The molecule has 13 rings (SSSR count). The van der Waals surface area contributed by atoms with E-state index in [0.29, 0.717) is 28.3 Å². The summed E-state index contributed by atoms with van der Waals surface area (Å²) >= 11 is 2.42. The number of fused-ring (bicyclic) bond motifs is 7. The van der Waals surface area contributed by atoms with Gasteiger partial charge >= 0.3 is 426 Å². The molecule has 0 spiro atoms. The van der Waals surface area contributed by atoms with Crippen LogP contribution in [-0.4, -0.2) is 23.1 Å². The van der Waals surface area contributed by atoms with Crippen LogP contribution in [-0.2, 0) is 35.6 Å². The van der Waals surface area contributed by atoms with Gasteiger partial charge in [0, 0.05) is 6.20 Å². The Kier molecular flexibility index (Phi) is 10.7. The van der Waals surface area contributed by atoms with Crippen LogP contribution in [0, 0.1) is 15.9 Å². The summed E-state index contributed by atoms with van der Waals surface area (Å²) in [5, 5.41) is 4.05. The van der Waals surface area contributed by atoms with Gasteiger partial charge in [0.1, 0.15) is 0 Å². The Bertz CT molecular complexity index is 4910. The van der Waals surface area contributed by atoms with E-state index in [-0.39, 0.29) is 33.9 Å². The van der Waals surface area contributed by atoms with Gasteiger partial charge in [0.15, 0.2) is 0 Å². The van der Waals surface area contributed by atoms with Gasteiger partial charge in [-0.15, -0.1) is 0 Å². The quantitative estimate of drug-likeness (QED) is 0.149. The zero-order valence-corrected chi connectivity index (χ0v) is 48.0. The van der Waals surface area contributed by atoms with Crippen LogP contribution in [0.1, 0.15) is 85.9 Å². The number of benzene rings is 9. The fourth-order valence-corrected chi connectivity index (χ4v) is 12.2. The van der Waals surface area contributed by atoms with E-state index < -0.39 is 18.1 Å². The van der Waals surface area contributed by atoms with Crippen LogP contribution >= 0.6 is 0 Å². The van der Waals surface area contributed by atoms with E-state index in [2.05, 4.69) is 251 Å². The predicted octanol–water partition coefficient (Wildman–Crippen LogP) is 18.7. The summed E-state index contributed by atoms with van der Waals surface area (Å²) < 4.78 is 62.4. The van der Waals surface area contributed by atoms with Crippen molar-refractivity contribution in [2.45, 2.75) is 78.6 Å². The average Bonchev–Trinajstić information content (AvgIpc) is 1.61. The van der Waals surface area contributed by atoms with E-state index in [4.69, 9.17) is 13.8 Å². The summed E-state index contributed by atoms with van der Waals surface area (Å²) in [4.78, 5) is 4.93. The van der Waals surface area contributed by atoms with Crippen molar-refractivity contribution < 1.29 is 30.9 Å². The second kappa shape index (κ2) is 19.0. The van der Waals surface area contributed by atoms with Gasteiger partial charge in [-0.05, 0) is 17.0 Å². The van der Waals surface area contributed by atoms with Gasteiger partial charge in [-0.25, -0.2) is 0 Å². The second-order valence-corrected chi connectivity index (χ2v) is 24.5. The molecule has 79 heavy (non-hydrogen) atoms. The molecule has 0 amide bonds. The Morgan fingerprint density at radius 2 is 1.04 bits per heavy atom. The summed E-state index contributed by atoms with van der Waals surface area (Å²) in [7, 11) is 0. The summed E-state index contributed by atoms with van der Waals surface area (Å²) in [6, 6.07) is 64.4. The average molecular weight is 1210 g/mol. The maximum atomic E-state index is 9.54. The standard InChI is InChI=1S/C72H61N5O.Pt/c1-70(2,3)49-38-39-73-67(43-49)77-62-32-19-16-26-57(62)59-36-34-53(44-65(59)77)78-54-35-37-63-66(45-54)75-46-74(64-33-21-30-60(69(64)75)58-27-17-18-31-61(58)76(63)52-24-14-11-15-25-52)68-55(47-22-12-10-13-23-47)28-20-29-56(68)48-40-50(71(4,5)6)42-51(41-48)72(7,8)9;/h10-43H,1-9H3;/q-2;/i10D,12D,13D,22D,23D;. The van der Waals surface area contributed by atoms with Gasteiger partial charge in [-0.3, -0.25) is 0 Å². The zero-order chi connectivity index (χ0) is 58.9. The van der Waals surface area contributed by atoms with E-state index >= 15 is 0 Å². The van der Waals surface area contributed by atoms with Gasteiger partial charge in [-0.1, -0.05) is 32.9 Å². The van der Waals surface area contributed by atoms with E-state index in [9.17, 15) is 2.74 Å². The molecule has 0 saturated heterocycles. The number of para-hydroxylation sites is 5. The minimum atomic E-state index is -0.448. The van der Waals surface area contributed by atoms with Crippen molar-refractivity contribution in [1.82, 2.24) is 23.1 Å². The monoisotopic (exact) mass is 1210 g/mol. The van der Waals surface area contributed by atoms with Crippen LogP contribution in [0.15, 0.2) is 206 Å². The van der Waals surface area contributed by atoms with E-state index in [1.54, 1.807) is 0 Å². The van der Waals surface area contributed by atoms with E-state index in [0.717, 1.165) is 92.2 Å². The molecule has 4 heterocycles. The Morgan fingerprint density at radius 3 is 1.72 bits per heavy atom. The number of hydrogen-bond acceptors (Lipinski definition) is 2. The number of nitrogens with zero attached hydrogens (tertiary/aromatic N) is 5. The third kappa shape index (κ3) is 8.69. The van der Waals surface area contributed by atoms with Crippen molar-refractivity contribution in [3.8, 4) is 50.9 Å². The van der Waals surface area contributed by atoms with Crippen molar-refractivity contribution in [1.29, 1.82) is 0 Å². The van der Waals surface area contributed by atoms with E-state index in [1.807, 2.05) is 36.5 Å². The first-order valence-electron chi connectivity index (χ1n) is 29.3. The van der Waals surface area contributed by atoms with Crippen molar-refractivity contribution in [3.63, 3.8) is 0 Å². The molecule has 0 radical (unpaired) electrons. The molecule has 0 saturated carbocycles. The molecule has 0 aliphatic heterocycles. The van der Waals surface area contributed by atoms with Crippen molar-refractivity contribution in [2.24, 2.45) is 0 Å². The number of hydrogen-bond donors (Lipinski definition) is 0. The predicted molar refractivity (Wildman–Crippen MR) is 324 cm³/mol. The Morgan fingerprint density at radius 1 is 0.468 bits per heavy atom. The molecule has 13 aromatic rings. The fraction of sp³-hybridized carbons (Fsp3) is 0.167. The first-order valence-corrected chi connectivity index (χ1v) is 27.9. The molecule has 0 N–H and O–H groups in total. The molecule has 392 valence electrons. The Balaban J connectivity index is 1.16. The molecule has 0 aliphatic carbocycles. The van der Waals surface area contributed by atoms with Crippen molar-refractivity contribution in [2.75, 3.05) is 0 Å². The molecule has 6 nitrogen and oxygen atoms in total. The normalized spacial score (nSPS) is 13.3. The van der Waals surface area contributed by atoms with Gasteiger partial charge in [-0.2, -0.15) is 0 Å². The zero-order valence-electron chi connectivity index (χ0n) is 50.7. The first kappa shape index (κ1) is 44.6. The molecule has 0 bridgehead atoms. The topological polar surface area (TPSA) is 41.3 Å². The SMILES string of the molecule is [2H]c1c([2H])c([2H])c(-c2cccc(-c3cc(C(C)(C)C)cc(C(C)(C)C)c3)c2-n2[c](=[Pt])n3c4[c-]c(Oc5[c-]c6c(cc5)c5ccccc5n6-c5cc(C(C)(C)C)ccn5)ccc4n(-c4ccccc4)c4ccccc4c4cccc2c43)c([2H])c1[2H].